The van der Waals surface area contributed by atoms with Gasteiger partial charge in [-0.25, -0.2) is 0 Å². The Hall–Kier alpha value is -1.71. The molecule has 0 atom stereocenters. The maximum atomic E-state index is 11.7. The third kappa shape index (κ3) is 2.10. The highest BCUT2D eigenvalue weighted by molar-refractivity contribution is 6.01. The summed E-state index contributed by atoms with van der Waals surface area (Å²) in [5.41, 5.74) is 0.444. The number of aromatic hydroxyl groups is 2. The number of carbonyl (C=O) groups excluding carboxylic acids is 1. The summed E-state index contributed by atoms with van der Waals surface area (Å²) in [6, 6.07) is 1.35. The Morgan fingerprint density at radius 3 is 2.56 bits per heavy atom. The van der Waals surface area contributed by atoms with Gasteiger partial charge in [0, 0.05) is 18.1 Å². The standard InChI is InChI=1S/C12H16O4/c1-4-5-8(13)11-9(14)6-10(16-3)7(2)12(11)15/h6,14-15H,4-5H2,1-3H3. The molecular formula is C12H16O4. The number of carbonyl (C=O) groups is 1. The van der Waals surface area contributed by atoms with E-state index < -0.39 is 0 Å². The monoisotopic (exact) mass is 224 g/mol. The van der Waals surface area contributed by atoms with Crippen molar-refractivity contribution in [2.75, 3.05) is 7.11 Å². The molecule has 0 bridgehead atoms. The van der Waals surface area contributed by atoms with Crippen LogP contribution in [0.1, 0.15) is 35.7 Å². The first kappa shape index (κ1) is 12.4. The molecule has 0 aliphatic heterocycles. The van der Waals surface area contributed by atoms with Gasteiger partial charge in [0.25, 0.3) is 0 Å². The van der Waals surface area contributed by atoms with Gasteiger partial charge in [0.05, 0.1) is 7.11 Å². The van der Waals surface area contributed by atoms with Crippen LogP contribution in [0.15, 0.2) is 6.07 Å². The Morgan fingerprint density at radius 2 is 2.06 bits per heavy atom. The number of ether oxygens (including phenoxy) is 1. The number of rotatable bonds is 4. The van der Waals surface area contributed by atoms with Gasteiger partial charge in [0.2, 0.25) is 0 Å². The minimum absolute atomic E-state index is 0.0137. The van der Waals surface area contributed by atoms with Crippen molar-refractivity contribution in [3.05, 3.63) is 17.2 Å². The van der Waals surface area contributed by atoms with Crippen molar-refractivity contribution >= 4 is 5.78 Å². The molecule has 0 fully saturated rings. The molecule has 1 aromatic rings. The summed E-state index contributed by atoms with van der Waals surface area (Å²) in [5, 5.41) is 19.5. The van der Waals surface area contributed by atoms with Crippen LogP contribution in [-0.4, -0.2) is 23.1 Å². The number of benzene rings is 1. The number of phenols is 2. The third-order valence-electron chi connectivity index (χ3n) is 2.46. The van der Waals surface area contributed by atoms with E-state index in [1.165, 1.54) is 13.2 Å². The summed E-state index contributed by atoms with van der Waals surface area (Å²) in [6.07, 6.45) is 0.968. The number of ketones is 1. The Morgan fingerprint density at radius 1 is 1.44 bits per heavy atom. The van der Waals surface area contributed by atoms with Crippen molar-refractivity contribution in [2.24, 2.45) is 0 Å². The van der Waals surface area contributed by atoms with Crippen molar-refractivity contribution < 1.29 is 19.7 Å². The molecule has 0 saturated carbocycles. The fourth-order valence-corrected chi connectivity index (χ4v) is 1.57. The Balaban J connectivity index is 3.30. The summed E-state index contributed by atoms with van der Waals surface area (Å²) in [5.74, 6) is -0.333. The molecule has 0 saturated heterocycles. The minimum atomic E-state index is -0.261. The SMILES string of the molecule is CCCC(=O)c1c(O)cc(OC)c(C)c1O. The first-order valence-electron chi connectivity index (χ1n) is 5.15. The molecule has 0 amide bonds. The van der Waals surface area contributed by atoms with E-state index in [-0.39, 0.29) is 22.8 Å². The second-order valence-electron chi connectivity index (χ2n) is 3.62. The van der Waals surface area contributed by atoms with Crippen LogP contribution in [0, 0.1) is 6.92 Å². The number of methoxy groups -OCH3 is 1. The van der Waals surface area contributed by atoms with Crippen LogP contribution >= 0.6 is 0 Å². The molecule has 4 nitrogen and oxygen atoms in total. The highest BCUT2D eigenvalue weighted by atomic mass is 16.5. The van der Waals surface area contributed by atoms with E-state index in [0.717, 1.165) is 0 Å². The van der Waals surface area contributed by atoms with E-state index >= 15 is 0 Å². The lowest BCUT2D eigenvalue weighted by molar-refractivity contribution is 0.0976. The maximum absolute atomic E-state index is 11.7. The van der Waals surface area contributed by atoms with Gasteiger partial charge in [-0.1, -0.05) is 6.92 Å². The zero-order valence-electron chi connectivity index (χ0n) is 9.70. The maximum Gasteiger partial charge on any atom is 0.170 e. The highest BCUT2D eigenvalue weighted by Crippen LogP contribution is 2.37. The summed E-state index contributed by atoms with van der Waals surface area (Å²) >= 11 is 0. The summed E-state index contributed by atoms with van der Waals surface area (Å²) in [4.78, 5) is 11.7. The number of phenolic OH excluding ortho intramolecular Hbond substituents is 2. The van der Waals surface area contributed by atoms with Crippen molar-refractivity contribution in [2.45, 2.75) is 26.7 Å². The van der Waals surface area contributed by atoms with Crippen molar-refractivity contribution in [3.63, 3.8) is 0 Å². The molecule has 16 heavy (non-hydrogen) atoms. The van der Waals surface area contributed by atoms with Crippen LogP contribution in [0.2, 0.25) is 0 Å². The average molecular weight is 224 g/mol. The van der Waals surface area contributed by atoms with E-state index in [1.54, 1.807) is 6.92 Å². The average Bonchev–Trinajstić information content (AvgIpc) is 2.24. The van der Waals surface area contributed by atoms with Gasteiger partial charge >= 0.3 is 0 Å². The van der Waals surface area contributed by atoms with Crippen LogP contribution < -0.4 is 4.74 Å². The molecule has 1 aromatic carbocycles. The number of hydrogen-bond acceptors (Lipinski definition) is 4. The summed E-state index contributed by atoms with van der Waals surface area (Å²) in [6.45, 7) is 3.50. The predicted octanol–water partition coefficient (Wildman–Crippen LogP) is 2.40. The van der Waals surface area contributed by atoms with Gasteiger partial charge in [-0.3, -0.25) is 4.79 Å². The lowest BCUT2D eigenvalue weighted by Crippen LogP contribution is -2.01. The number of hydrogen-bond donors (Lipinski definition) is 2. The lowest BCUT2D eigenvalue weighted by Gasteiger charge is -2.12. The molecule has 1 rings (SSSR count). The van der Waals surface area contributed by atoms with Gasteiger partial charge in [-0.05, 0) is 13.3 Å². The van der Waals surface area contributed by atoms with E-state index in [4.69, 9.17) is 4.74 Å². The zero-order valence-corrected chi connectivity index (χ0v) is 9.70. The second-order valence-corrected chi connectivity index (χ2v) is 3.62. The molecule has 0 unspecified atom stereocenters. The fraction of sp³-hybridized carbons (Fsp3) is 0.417. The first-order chi connectivity index (χ1) is 7.52. The largest absolute Gasteiger partial charge is 0.507 e. The molecule has 0 aliphatic carbocycles. The molecule has 0 aliphatic rings. The quantitative estimate of drug-likeness (QED) is 0.770. The second kappa shape index (κ2) is 4.88. The predicted molar refractivity (Wildman–Crippen MR) is 60.3 cm³/mol. The van der Waals surface area contributed by atoms with Crippen LogP contribution in [0.4, 0.5) is 0 Å². The van der Waals surface area contributed by atoms with Crippen LogP contribution in [0.25, 0.3) is 0 Å². The van der Waals surface area contributed by atoms with E-state index in [2.05, 4.69) is 0 Å². The Labute approximate surface area is 94.5 Å². The minimum Gasteiger partial charge on any atom is -0.507 e. The fourth-order valence-electron chi connectivity index (χ4n) is 1.57. The van der Waals surface area contributed by atoms with E-state index in [9.17, 15) is 15.0 Å². The van der Waals surface area contributed by atoms with Gasteiger partial charge < -0.3 is 14.9 Å². The van der Waals surface area contributed by atoms with E-state index in [1.807, 2.05) is 6.92 Å². The van der Waals surface area contributed by atoms with Crippen LogP contribution in [0.3, 0.4) is 0 Å². The molecule has 4 heteroatoms. The third-order valence-corrected chi connectivity index (χ3v) is 2.46. The normalized spacial score (nSPS) is 10.2. The Kier molecular flexibility index (Phi) is 3.77. The van der Waals surface area contributed by atoms with Gasteiger partial charge in [-0.15, -0.1) is 0 Å². The highest BCUT2D eigenvalue weighted by Gasteiger charge is 2.20. The van der Waals surface area contributed by atoms with E-state index in [0.29, 0.717) is 24.2 Å². The molecule has 0 radical (unpaired) electrons. The lowest BCUT2D eigenvalue weighted by atomic mass is 10.0. The van der Waals surface area contributed by atoms with Crippen LogP contribution in [-0.2, 0) is 0 Å². The molecule has 2 N–H and O–H groups in total. The molecule has 88 valence electrons. The molecular weight excluding hydrogens is 208 g/mol. The Bertz CT molecular complexity index is 410. The van der Waals surface area contributed by atoms with Gasteiger partial charge in [0.1, 0.15) is 22.8 Å². The summed E-state index contributed by atoms with van der Waals surface area (Å²) in [7, 11) is 1.44. The first-order valence-corrected chi connectivity index (χ1v) is 5.15. The van der Waals surface area contributed by atoms with Crippen molar-refractivity contribution in [1.82, 2.24) is 0 Å². The van der Waals surface area contributed by atoms with Crippen molar-refractivity contribution in [1.29, 1.82) is 0 Å². The smallest absolute Gasteiger partial charge is 0.170 e. The van der Waals surface area contributed by atoms with Crippen molar-refractivity contribution in [3.8, 4) is 17.2 Å². The molecule has 0 heterocycles. The van der Waals surface area contributed by atoms with Crippen LogP contribution in [0.5, 0.6) is 17.2 Å². The van der Waals surface area contributed by atoms with Gasteiger partial charge in [-0.2, -0.15) is 0 Å². The topological polar surface area (TPSA) is 66.8 Å². The molecule has 0 aromatic heterocycles. The molecule has 0 spiro atoms. The zero-order chi connectivity index (χ0) is 12.3. The number of Topliss-reactive ketones (excluding diaryl/α,β-unsaturated/α-hetero) is 1. The summed E-state index contributed by atoms with van der Waals surface area (Å²) < 4.78 is 4.97. The van der Waals surface area contributed by atoms with Gasteiger partial charge in [0.15, 0.2) is 5.78 Å².